The average Bonchev–Trinajstić information content (AvgIpc) is 4.14. The zero-order valence-corrected chi connectivity index (χ0v) is 41.8. The molecule has 0 aliphatic heterocycles. The van der Waals surface area contributed by atoms with Crippen LogP contribution in [0.3, 0.4) is 0 Å². The van der Waals surface area contributed by atoms with E-state index in [0.717, 1.165) is 72.5 Å². The predicted molar refractivity (Wildman–Crippen MR) is 305 cm³/mol. The van der Waals surface area contributed by atoms with E-state index in [9.17, 15) is 0 Å². The van der Waals surface area contributed by atoms with Gasteiger partial charge in [-0.25, -0.2) is 0 Å². The number of hydrogen-bond donors (Lipinski definition) is 0. The number of para-hydroxylation sites is 4. The van der Waals surface area contributed by atoms with Crippen molar-refractivity contribution in [1.29, 1.82) is 0 Å². The minimum absolute atomic E-state index is 0.0547. The van der Waals surface area contributed by atoms with Gasteiger partial charge >= 0.3 is 0 Å². The van der Waals surface area contributed by atoms with Gasteiger partial charge in [0.25, 0.3) is 0 Å². The highest BCUT2D eigenvalue weighted by atomic mass is 15.3. The van der Waals surface area contributed by atoms with Crippen LogP contribution in [0.1, 0.15) is 67.9 Å². The van der Waals surface area contributed by atoms with Crippen LogP contribution >= 0.6 is 0 Å². The molecule has 0 amide bonds. The van der Waals surface area contributed by atoms with Crippen LogP contribution in [0.25, 0.3) is 106 Å². The molecule has 5 heteroatoms. The number of hydrogen-bond acceptors (Lipinski definition) is 3. The molecule has 1 unspecified atom stereocenters. The first-order valence-corrected chi connectivity index (χ1v) is 26.0. The second-order valence-corrected chi connectivity index (χ2v) is 21.5. The van der Waals surface area contributed by atoms with Crippen LogP contribution in [0.5, 0.6) is 0 Å². The van der Waals surface area contributed by atoms with Crippen LogP contribution < -0.4 is 0 Å². The van der Waals surface area contributed by atoms with Crippen molar-refractivity contribution in [2.24, 2.45) is 0 Å². The number of rotatable bonds is 6. The summed E-state index contributed by atoms with van der Waals surface area (Å²) < 4.78 is 4.62. The molecule has 0 radical (unpaired) electrons. The first kappa shape index (κ1) is 42.7. The third-order valence-electron chi connectivity index (χ3n) is 16.8. The van der Waals surface area contributed by atoms with Crippen molar-refractivity contribution >= 4 is 49.2 Å². The second kappa shape index (κ2) is 15.8. The van der Waals surface area contributed by atoms with E-state index in [0.29, 0.717) is 17.7 Å². The predicted octanol–water partition coefficient (Wildman–Crippen LogP) is 17.2. The number of benzene rings is 9. The van der Waals surface area contributed by atoms with E-state index in [-0.39, 0.29) is 16.7 Å². The van der Waals surface area contributed by atoms with Crippen molar-refractivity contribution in [3.63, 3.8) is 0 Å². The van der Waals surface area contributed by atoms with E-state index < -0.39 is 0 Å². The summed E-state index contributed by atoms with van der Waals surface area (Å²) in [5, 5.41) is 4.62. The Morgan fingerprint density at radius 1 is 0.405 bits per heavy atom. The van der Waals surface area contributed by atoms with Crippen molar-refractivity contribution < 1.29 is 0 Å². The zero-order chi connectivity index (χ0) is 49.5. The fraction of sp³-hybridized carbons (Fsp3) is 0.116. The van der Waals surface area contributed by atoms with E-state index in [1.54, 1.807) is 0 Å². The smallest absolute Gasteiger partial charge is 0.240 e. The first-order chi connectivity index (χ1) is 36.2. The quantitative estimate of drug-likeness (QED) is 0.167. The summed E-state index contributed by atoms with van der Waals surface area (Å²) in [6, 6.07) is 75.1. The molecule has 0 spiro atoms. The Hall–Kier alpha value is -8.93. The second-order valence-electron chi connectivity index (χ2n) is 21.5. The molecule has 0 saturated heterocycles. The van der Waals surface area contributed by atoms with Gasteiger partial charge in [0.05, 0.1) is 22.1 Å². The highest BCUT2D eigenvalue weighted by molar-refractivity contribution is 6.14. The molecule has 5 nitrogen and oxygen atoms in total. The summed E-state index contributed by atoms with van der Waals surface area (Å²) >= 11 is 0. The van der Waals surface area contributed by atoms with Gasteiger partial charge in [0, 0.05) is 49.4 Å². The maximum Gasteiger partial charge on any atom is 0.240 e. The molecule has 3 aliphatic carbocycles. The third kappa shape index (κ3) is 6.13. The Labute approximate surface area is 430 Å². The molecule has 0 bridgehead atoms. The molecule has 0 N–H and O–H groups in total. The monoisotopic (exact) mass is 949 g/mol. The maximum atomic E-state index is 5.72. The lowest BCUT2D eigenvalue weighted by Gasteiger charge is -2.26. The van der Waals surface area contributed by atoms with Gasteiger partial charge in [0.2, 0.25) is 11.9 Å². The van der Waals surface area contributed by atoms with Gasteiger partial charge in [-0.1, -0.05) is 228 Å². The fourth-order valence-electron chi connectivity index (χ4n) is 13.2. The molecule has 0 fully saturated rings. The van der Waals surface area contributed by atoms with Crippen LogP contribution in [0.4, 0.5) is 0 Å². The fourth-order valence-corrected chi connectivity index (χ4v) is 13.2. The minimum Gasteiger partial charge on any atom is -0.277 e. The summed E-state index contributed by atoms with van der Waals surface area (Å²) in [5.74, 6) is 1.86. The maximum absolute atomic E-state index is 5.72. The number of allylic oxidation sites excluding steroid dienone is 4. The minimum atomic E-state index is -0.0959. The summed E-state index contributed by atoms with van der Waals surface area (Å²) in [6.07, 6.45) is 5.94. The average molecular weight is 950 g/mol. The molecular weight excluding hydrogens is 899 g/mol. The van der Waals surface area contributed by atoms with Crippen molar-refractivity contribution in [3.05, 3.63) is 252 Å². The summed E-state index contributed by atoms with van der Waals surface area (Å²) in [4.78, 5) is 16.8. The lowest BCUT2D eigenvalue weighted by molar-refractivity contribution is 0.651. The molecule has 15 rings (SSSR count). The van der Waals surface area contributed by atoms with Crippen LogP contribution in [0.2, 0.25) is 0 Å². The highest BCUT2D eigenvalue weighted by Gasteiger charge is 2.40. The Bertz CT molecular complexity index is 4390. The summed E-state index contributed by atoms with van der Waals surface area (Å²) in [7, 11) is 0. The topological polar surface area (TPSA) is 48.5 Å². The Kier molecular flexibility index (Phi) is 9.11. The summed E-state index contributed by atoms with van der Waals surface area (Å²) in [5.41, 5.74) is 21.6. The molecule has 0 saturated carbocycles. The molecular formula is C69H51N5. The molecule has 3 heterocycles. The van der Waals surface area contributed by atoms with Gasteiger partial charge in [0.1, 0.15) is 0 Å². The molecule has 74 heavy (non-hydrogen) atoms. The lowest BCUT2D eigenvalue weighted by Crippen LogP contribution is -2.16. The Balaban J connectivity index is 0.992. The lowest BCUT2D eigenvalue weighted by atomic mass is 9.77. The Morgan fingerprint density at radius 2 is 0.932 bits per heavy atom. The largest absolute Gasteiger partial charge is 0.277 e. The van der Waals surface area contributed by atoms with Crippen molar-refractivity contribution in [2.45, 2.75) is 50.9 Å². The van der Waals surface area contributed by atoms with Crippen LogP contribution in [-0.4, -0.2) is 24.1 Å². The van der Waals surface area contributed by atoms with Crippen molar-refractivity contribution in [3.8, 4) is 56.7 Å². The molecule has 352 valence electrons. The van der Waals surface area contributed by atoms with Gasteiger partial charge in [-0.15, -0.1) is 0 Å². The number of nitrogens with zero attached hydrogens (tertiary/aromatic N) is 5. The zero-order valence-electron chi connectivity index (χ0n) is 41.8. The highest BCUT2D eigenvalue weighted by Crippen LogP contribution is 2.54. The SMILES string of the molecule is CC1(C)C2=CCC(c3cccc4c5ccccc5n(-c5nc(-c6ccc(-c7ccccc7)cc6)nc(-n6c7ccccc7c7cccc(-c8ccc9c(c8)-c8ccccc8C9(C)C)c76)n5)c34)C=C2c2ccccc21. The van der Waals surface area contributed by atoms with Gasteiger partial charge in [-0.2, -0.15) is 15.0 Å². The number of fused-ring (bicyclic) bond motifs is 12. The molecule has 3 aromatic heterocycles. The van der Waals surface area contributed by atoms with Gasteiger partial charge in [-0.05, 0) is 91.4 Å². The van der Waals surface area contributed by atoms with E-state index >= 15 is 0 Å². The van der Waals surface area contributed by atoms with E-state index in [1.165, 1.54) is 55.5 Å². The van der Waals surface area contributed by atoms with Crippen LogP contribution in [-0.2, 0) is 10.8 Å². The normalized spacial score (nSPS) is 16.0. The van der Waals surface area contributed by atoms with E-state index in [2.05, 4.69) is 255 Å². The van der Waals surface area contributed by atoms with E-state index in [1.807, 2.05) is 0 Å². The molecule has 1 atom stereocenters. The van der Waals surface area contributed by atoms with Gasteiger partial charge < -0.3 is 0 Å². The molecule has 3 aliphatic rings. The number of aromatic nitrogens is 5. The van der Waals surface area contributed by atoms with Crippen molar-refractivity contribution in [1.82, 2.24) is 24.1 Å². The molecule has 9 aromatic carbocycles. The third-order valence-corrected chi connectivity index (χ3v) is 16.8. The van der Waals surface area contributed by atoms with Crippen molar-refractivity contribution in [2.75, 3.05) is 0 Å². The van der Waals surface area contributed by atoms with Gasteiger partial charge in [-0.3, -0.25) is 9.13 Å². The first-order valence-electron chi connectivity index (χ1n) is 26.0. The van der Waals surface area contributed by atoms with Crippen LogP contribution in [0, 0.1) is 0 Å². The van der Waals surface area contributed by atoms with Crippen LogP contribution in [0.15, 0.2) is 224 Å². The van der Waals surface area contributed by atoms with E-state index in [4.69, 9.17) is 15.0 Å². The molecule has 12 aromatic rings. The standard InChI is InChI=1S/C69H51N5/c1-68(2)57-28-12-8-20-49(57)55-40-45(36-38-59(55)68)47-24-16-26-53-51-22-10-14-30-61(51)73(63(47)53)66-70-65(44-34-32-43(33-35-44)42-18-6-5-7-19-42)71-67(72-66)74-62-31-15-11-23-52(62)54-27-17-25-48(64(54)74)46-37-39-60-56(41-46)50-21-9-13-29-58(50)69(60,3)4/h5-36,38-41,46H,37H2,1-4H3. The van der Waals surface area contributed by atoms with Gasteiger partial charge in [0.15, 0.2) is 5.82 Å². The Morgan fingerprint density at radius 3 is 1.66 bits per heavy atom. The summed E-state index contributed by atoms with van der Waals surface area (Å²) in [6.45, 7) is 9.42.